The molecule has 0 spiro atoms. The van der Waals surface area contributed by atoms with Crippen molar-refractivity contribution in [2.45, 2.75) is 20.0 Å². The molecule has 28 heavy (non-hydrogen) atoms. The summed E-state index contributed by atoms with van der Waals surface area (Å²) in [4.78, 5) is 27.0. The van der Waals surface area contributed by atoms with E-state index in [9.17, 15) is 9.59 Å². The van der Waals surface area contributed by atoms with Crippen LogP contribution >= 0.6 is 11.6 Å². The highest BCUT2D eigenvalue weighted by molar-refractivity contribution is 6.30. The van der Waals surface area contributed by atoms with Gasteiger partial charge in [0.1, 0.15) is 5.75 Å². The molecular weight excluding hydrogens is 380 g/mol. The van der Waals surface area contributed by atoms with Crippen LogP contribution in [0.4, 0.5) is 11.6 Å². The lowest BCUT2D eigenvalue weighted by molar-refractivity contribution is 0.340. The fraction of sp³-hybridized carbons (Fsp3) is 0.250. The van der Waals surface area contributed by atoms with Crippen molar-refractivity contribution in [2.75, 3.05) is 18.1 Å². The zero-order chi connectivity index (χ0) is 19.7. The number of benzene rings is 2. The minimum atomic E-state index is -0.632. The van der Waals surface area contributed by atoms with Crippen LogP contribution in [0.3, 0.4) is 0 Å². The predicted molar refractivity (Wildman–Crippen MR) is 108 cm³/mol. The smallest absolute Gasteiger partial charge is 0.333 e. The molecular formula is C20H19ClN4O3. The molecule has 0 aliphatic carbocycles. The summed E-state index contributed by atoms with van der Waals surface area (Å²) in [5.41, 5.74) is 0.534. The van der Waals surface area contributed by atoms with Crippen LogP contribution in [0.15, 0.2) is 58.1 Å². The van der Waals surface area contributed by atoms with Gasteiger partial charge < -0.3 is 9.64 Å². The molecule has 4 rings (SSSR count). The Balaban J connectivity index is 1.70. The summed E-state index contributed by atoms with van der Waals surface area (Å²) in [5.74, 6) is 1.24. The number of halogens is 1. The normalized spacial score (nSPS) is 12.9. The van der Waals surface area contributed by atoms with E-state index in [0.717, 1.165) is 17.0 Å². The van der Waals surface area contributed by atoms with Crippen LogP contribution in [0, 0.1) is 0 Å². The summed E-state index contributed by atoms with van der Waals surface area (Å²) in [7, 11) is 0. The molecule has 2 heterocycles. The van der Waals surface area contributed by atoms with Crippen molar-refractivity contribution >= 4 is 23.2 Å². The molecule has 0 saturated heterocycles. The predicted octanol–water partition coefficient (Wildman–Crippen LogP) is 2.66. The van der Waals surface area contributed by atoms with Gasteiger partial charge in [-0.3, -0.25) is 14.2 Å². The van der Waals surface area contributed by atoms with E-state index in [2.05, 4.69) is 5.10 Å². The molecule has 0 atom stereocenters. The summed E-state index contributed by atoms with van der Waals surface area (Å²) in [6.07, 6.45) is 0. The van der Waals surface area contributed by atoms with Crippen molar-refractivity contribution in [1.82, 2.24) is 14.3 Å². The van der Waals surface area contributed by atoms with E-state index in [0.29, 0.717) is 30.7 Å². The number of hydrogen-bond donors (Lipinski definition) is 0. The summed E-state index contributed by atoms with van der Waals surface area (Å²) in [6, 6.07) is 14.7. The molecule has 7 nitrogen and oxygen atoms in total. The van der Waals surface area contributed by atoms with Crippen molar-refractivity contribution in [3.8, 4) is 5.75 Å². The minimum Gasteiger partial charge on any atom is -0.494 e. The van der Waals surface area contributed by atoms with E-state index in [1.54, 1.807) is 12.1 Å². The summed E-state index contributed by atoms with van der Waals surface area (Å²) >= 11 is 5.91. The van der Waals surface area contributed by atoms with Crippen LogP contribution in [0.5, 0.6) is 5.75 Å². The number of anilines is 2. The molecule has 144 valence electrons. The second-order valence-electron chi connectivity index (χ2n) is 6.42. The Kier molecular flexibility index (Phi) is 4.92. The Morgan fingerprint density at radius 3 is 2.39 bits per heavy atom. The zero-order valence-electron chi connectivity index (χ0n) is 15.3. The average Bonchev–Trinajstić information content (AvgIpc) is 3.12. The molecule has 3 aromatic rings. The molecule has 0 bridgehead atoms. The van der Waals surface area contributed by atoms with Gasteiger partial charge in [0.15, 0.2) is 0 Å². The molecule has 0 amide bonds. The molecule has 0 N–H and O–H groups in total. The van der Waals surface area contributed by atoms with Crippen molar-refractivity contribution in [3.05, 3.63) is 79.8 Å². The number of nitrogens with zero attached hydrogens (tertiary/aromatic N) is 4. The van der Waals surface area contributed by atoms with Gasteiger partial charge in [-0.1, -0.05) is 23.7 Å². The highest BCUT2D eigenvalue weighted by atomic mass is 35.5. The van der Waals surface area contributed by atoms with Gasteiger partial charge in [-0.05, 0) is 48.9 Å². The maximum atomic E-state index is 12.6. The molecule has 0 saturated carbocycles. The Morgan fingerprint density at radius 2 is 1.71 bits per heavy atom. The first kappa shape index (κ1) is 18.3. The lowest BCUT2D eigenvalue weighted by Crippen LogP contribution is -2.42. The maximum Gasteiger partial charge on any atom is 0.333 e. The molecule has 0 fully saturated rings. The highest BCUT2D eigenvalue weighted by Gasteiger charge is 2.26. The third-order valence-corrected chi connectivity index (χ3v) is 4.86. The van der Waals surface area contributed by atoms with Gasteiger partial charge in [-0.2, -0.15) is 0 Å². The molecule has 0 radical (unpaired) electrons. The summed E-state index contributed by atoms with van der Waals surface area (Å²) in [5, 5.41) is 5.09. The van der Waals surface area contributed by atoms with Gasteiger partial charge in [0, 0.05) is 23.8 Å². The van der Waals surface area contributed by atoms with Gasteiger partial charge in [-0.25, -0.2) is 4.68 Å². The second-order valence-corrected chi connectivity index (χ2v) is 6.86. The van der Waals surface area contributed by atoms with E-state index in [1.165, 1.54) is 9.25 Å². The first-order valence-electron chi connectivity index (χ1n) is 9.03. The Morgan fingerprint density at radius 1 is 1.00 bits per heavy atom. The second kappa shape index (κ2) is 7.52. The first-order valence-corrected chi connectivity index (χ1v) is 9.41. The number of ether oxygens (including phenoxy) is 1. The van der Waals surface area contributed by atoms with Crippen LogP contribution in [-0.2, 0) is 13.1 Å². The molecule has 2 aromatic carbocycles. The van der Waals surface area contributed by atoms with Gasteiger partial charge in [0.25, 0.3) is 0 Å². The Hall–Kier alpha value is -3.06. The number of hydrogen-bond acceptors (Lipinski definition) is 5. The van der Waals surface area contributed by atoms with E-state index in [-0.39, 0.29) is 6.54 Å². The standard InChI is InChI=1S/C20H19ClN4O3/c1-2-28-17-9-7-16(8-10-17)23-11-12-24-18(26)19(27)25(22-20(23)24)13-14-3-5-15(21)6-4-14/h3-10H,2,11-13H2,1H3. The third-order valence-electron chi connectivity index (χ3n) is 4.61. The lowest BCUT2D eigenvalue weighted by atomic mass is 10.2. The number of rotatable bonds is 5. The van der Waals surface area contributed by atoms with Crippen LogP contribution in [-0.4, -0.2) is 27.5 Å². The van der Waals surface area contributed by atoms with Crippen molar-refractivity contribution in [2.24, 2.45) is 0 Å². The molecule has 8 heteroatoms. The average molecular weight is 399 g/mol. The zero-order valence-corrected chi connectivity index (χ0v) is 16.1. The summed E-state index contributed by atoms with van der Waals surface area (Å²) < 4.78 is 8.12. The lowest BCUT2D eigenvalue weighted by Gasteiger charge is -2.18. The van der Waals surface area contributed by atoms with Crippen LogP contribution < -0.4 is 20.8 Å². The monoisotopic (exact) mass is 398 g/mol. The van der Waals surface area contributed by atoms with E-state index < -0.39 is 11.1 Å². The van der Waals surface area contributed by atoms with Crippen molar-refractivity contribution < 1.29 is 4.74 Å². The first-order chi connectivity index (χ1) is 13.6. The largest absolute Gasteiger partial charge is 0.494 e. The molecule has 1 aliphatic rings. The van der Waals surface area contributed by atoms with E-state index in [1.807, 2.05) is 48.2 Å². The summed E-state index contributed by atoms with van der Waals surface area (Å²) in [6.45, 7) is 3.73. The number of fused-ring (bicyclic) bond motifs is 1. The van der Waals surface area contributed by atoms with Gasteiger partial charge in [0.05, 0.1) is 13.2 Å². The SMILES string of the molecule is CCOc1ccc(N2CCn3c2nn(Cc2ccc(Cl)cc2)c(=O)c3=O)cc1. The fourth-order valence-corrected chi connectivity index (χ4v) is 3.35. The molecule has 0 unspecified atom stereocenters. The van der Waals surface area contributed by atoms with Crippen molar-refractivity contribution in [1.29, 1.82) is 0 Å². The number of aromatic nitrogens is 3. The fourth-order valence-electron chi connectivity index (χ4n) is 3.23. The molecule has 1 aromatic heterocycles. The quantitative estimate of drug-likeness (QED) is 0.618. The van der Waals surface area contributed by atoms with Gasteiger partial charge in [-0.15, -0.1) is 5.10 Å². The minimum absolute atomic E-state index is 0.205. The van der Waals surface area contributed by atoms with Gasteiger partial charge in [0.2, 0.25) is 5.95 Å². The highest BCUT2D eigenvalue weighted by Crippen LogP contribution is 2.28. The van der Waals surface area contributed by atoms with Gasteiger partial charge >= 0.3 is 11.1 Å². The van der Waals surface area contributed by atoms with E-state index in [4.69, 9.17) is 16.3 Å². The van der Waals surface area contributed by atoms with Crippen LogP contribution in [0.1, 0.15) is 12.5 Å². The Bertz CT molecular complexity index is 1100. The van der Waals surface area contributed by atoms with E-state index >= 15 is 0 Å². The Labute approximate surface area is 166 Å². The molecule has 1 aliphatic heterocycles. The third kappa shape index (κ3) is 3.41. The van der Waals surface area contributed by atoms with Crippen molar-refractivity contribution in [3.63, 3.8) is 0 Å². The topological polar surface area (TPSA) is 69.4 Å². The maximum absolute atomic E-state index is 12.6. The van der Waals surface area contributed by atoms with Crippen LogP contribution in [0.25, 0.3) is 0 Å². The van der Waals surface area contributed by atoms with Crippen LogP contribution in [0.2, 0.25) is 5.02 Å².